The summed E-state index contributed by atoms with van der Waals surface area (Å²) in [5.74, 6) is 0.232. The minimum absolute atomic E-state index is 0.0127. The van der Waals surface area contributed by atoms with E-state index in [0.717, 1.165) is 0 Å². The van der Waals surface area contributed by atoms with Crippen molar-refractivity contribution in [3.05, 3.63) is 0 Å². The van der Waals surface area contributed by atoms with Gasteiger partial charge in [-0.25, -0.2) is 0 Å². The Morgan fingerprint density at radius 2 is 2.00 bits per heavy atom. The molecule has 4 unspecified atom stereocenters. The third-order valence-corrected chi connectivity index (χ3v) is 2.48. The fourth-order valence-corrected chi connectivity index (χ4v) is 1.75. The van der Waals surface area contributed by atoms with Crippen LogP contribution >= 0.6 is 0 Å². The Balaban J connectivity index is 2.26. The predicted octanol–water partition coefficient (Wildman–Crippen LogP) is 0.812. The predicted molar refractivity (Wildman–Crippen MR) is 38.8 cm³/mol. The van der Waals surface area contributed by atoms with Gasteiger partial charge in [-0.15, -0.1) is 0 Å². The first-order valence-electron chi connectivity index (χ1n) is 4.85. The summed E-state index contributed by atoms with van der Waals surface area (Å²) in [5.41, 5.74) is 0. The average molecular weight is 141 g/mol. The van der Waals surface area contributed by atoms with Gasteiger partial charge in [0.1, 0.15) is 5.78 Å². The van der Waals surface area contributed by atoms with Crippen LogP contribution in [0, 0.1) is 0 Å². The van der Waals surface area contributed by atoms with Gasteiger partial charge in [-0.2, -0.15) is 0 Å². The largest absolute Gasteiger partial charge is 0.300 e. The van der Waals surface area contributed by atoms with Crippen molar-refractivity contribution < 1.29 is 7.54 Å². The maximum absolute atomic E-state index is 11.2. The van der Waals surface area contributed by atoms with Gasteiger partial charge in [0.25, 0.3) is 0 Å². The highest BCUT2D eigenvalue weighted by Gasteiger charge is 2.37. The molecule has 0 amide bonds. The van der Waals surface area contributed by atoms with E-state index in [0.29, 0.717) is 12.8 Å². The number of hydrogen-bond acceptors (Lipinski definition) is 2. The number of Topliss-reactive ketones (excluding diaryl/α,β-unsaturated/α-hetero) is 1. The van der Waals surface area contributed by atoms with E-state index < -0.39 is 0 Å². The SMILES string of the molecule is [2H]C1C([2H])C2CC(=O)CC1N2C. The summed E-state index contributed by atoms with van der Waals surface area (Å²) >= 11 is 0. The Morgan fingerprint density at radius 3 is 2.50 bits per heavy atom. The zero-order valence-electron chi connectivity index (χ0n) is 8.08. The van der Waals surface area contributed by atoms with Gasteiger partial charge >= 0.3 is 0 Å². The molecule has 0 aliphatic carbocycles. The lowest BCUT2D eigenvalue weighted by atomic mass is 10.0. The lowest BCUT2D eigenvalue weighted by Crippen LogP contribution is -2.39. The number of carbonyl (C=O) groups is 1. The molecule has 2 heterocycles. The number of rotatable bonds is 0. The number of fused-ring (bicyclic) bond motifs is 2. The van der Waals surface area contributed by atoms with E-state index in [1.807, 2.05) is 11.9 Å². The van der Waals surface area contributed by atoms with Gasteiger partial charge in [-0.3, -0.25) is 9.69 Å². The number of hydrogen-bond donors (Lipinski definition) is 0. The summed E-state index contributed by atoms with van der Waals surface area (Å²) in [6, 6.07) is 0.0255. The molecular formula is C8H13NO. The van der Waals surface area contributed by atoms with Crippen molar-refractivity contribution in [1.82, 2.24) is 4.90 Å². The first kappa shape index (κ1) is 4.50. The summed E-state index contributed by atoms with van der Waals surface area (Å²) in [4.78, 5) is 13.2. The molecule has 0 radical (unpaired) electrons. The summed E-state index contributed by atoms with van der Waals surface area (Å²) < 4.78 is 15.4. The highest BCUT2D eigenvalue weighted by molar-refractivity contribution is 5.80. The summed E-state index contributed by atoms with van der Waals surface area (Å²) in [6.45, 7) is 0. The molecule has 0 N–H and O–H groups in total. The summed E-state index contributed by atoms with van der Waals surface area (Å²) in [5, 5.41) is 0. The van der Waals surface area contributed by atoms with Crippen molar-refractivity contribution >= 4 is 5.78 Å². The minimum Gasteiger partial charge on any atom is -0.300 e. The smallest absolute Gasteiger partial charge is 0.136 e. The number of carbonyl (C=O) groups excluding carboxylic acids is 1. The zero-order valence-corrected chi connectivity index (χ0v) is 6.08. The fraction of sp³-hybridized carbons (Fsp3) is 0.875. The average Bonchev–Trinajstić information content (AvgIpc) is 2.21. The van der Waals surface area contributed by atoms with Gasteiger partial charge in [0.05, 0.1) is 0 Å². The number of nitrogens with zero attached hydrogens (tertiary/aromatic N) is 1. The van der Waals surface area contributed by atoms with Crippen LogP contribution in [0.3, 0.4) is 0 Å². The van der Waals surface area contributed by atoms with Gasteiger partial charge in [0.15, 0.2) is 0 Å². The number of ketones is 1. The normalized spacial score (nSPS) is 58.3. The quantitative estimate of drug-likeness (QED) is 0.497. The van der Waals surface area contributed by atoms with Crippen molar-refractivity contribution in [1.29, 1.82) is 0 Å². The molecule has 4 atom stereocenters. The van der Waals surface area contributed by atoms with Crippen LogP contribution in [0.25, 0.3) is 0 Å². The first-order valence-corrected chi connectivity index (χ1v) is 3.69. The van der Waals surface area contributed by atoms with Crippen LogP contribution in [-0.2, 0) is 4.79 Å². The Hall–Kier alpha value is -0.370. The van der Waals surface area contributed by atoms with Crippen molar-refractivity contribution in [2.75, 3.05) is 7.05 Å². The van der Waals surface area contributed by atoms with Gasteiger partial charge in [-0.05, 0) is 19.8 Å². The lowest BCUT2D eigenvalue weighted by molar-refractivity contribution is -0.123. The lowest BCUT2D eigenvalue weighted by Gasteiger charge is -2.29. The molecule has 2 bridgehead atoms. The highest BCUT2D eigenvalue weighted by atomic mass is 16.1. The molecule has 0 spiro atoms. The molecule has 2 fully saturated rings. The first-order chi connectivity index (χ1) is 5.61. The van der Waals surface area contributed by atoms with Gasteiger partial charge in [-0.1, -0.05) is 0 Å². The van der Waals surface area contributed by atoms with E-state index in [1.165, 1.54) is 0 Å². The zero-order chi connectivity index (χ0) is 8.88. The molecule has 2 aliphatic rings. The molecule has 10 heavy (non-hydrogen) atoms. The molecule has 0 saturated carbocycles. The molecule has 2 rings (SSSR count). The maximum atomic E-state index is 11.2. The van der Waals surface area contributed by atoms with E-state index in [9.17, 15) is 4.79 Å². The molecule has 56 valence electrons. The standard InChI is InChI=1S/C8H13NO/c1-9-6-2-3-7(9)5-8(10)4-6/h6-7H,2-5H2,1H3/i2D,3D. The Morgan fingerprint density at radius 1 is 1.50 bits per heavy atom. The second-order valence-electron chi connectivity index (χ2n) is 3.13. The second-order valence-corrected chi connectivity index (χ2v) is 3.13. The van der Waals surface area contributed by atoms with Crippen LogP contribution in [0.4, 0.5) is 0 Å². The fourth-order valence-electron chi connectivity index (χ4n) is 1.75. The van der Waals surface area contributed by atoms with E-state index in [2.05, 4.69) is 0 Å². The third-order valence-electron chi connectivity index (χ3n) is 2.48. The Labute approximate surface area is 64.0 Å². The second kappa shape index (κ2) is 2.06. The molecular weight excluding hydrogens is 126 g/mol. The molecule has 0 aromatic carbocycles. The van der Waals surface area contributed by atoms with Crippen LogP contribution in [0.5, 0.6) is 0 Å². The van der Waals surface area contributed by atoms with E-state index in [-0.39, 0.29) is 30.7 Å². The molecule has 2 heteroatoms. The van der Waals surface area contributed by atoms with Crippen molar-refractivity contribution in [3.8, 4) is 0 Å². The van der Waals surface area contributed by atoms with E-state index in [1.54, 1.807) is 0 Å². The topological polar surface area (TPSA) is 20.3 Å². The monoisotopic (exact) mass is 141 g/mol. The molecule has 2 saturated heterocycles. The summed E-state index contributed by atoms with van der Waals surface area (Å²) in [7, 11) is 1.93. The van der Waals surface area contributed by atoms with Crippen LogP contribution < -0.4 is 0 Å². The van der Waals surface area contributed by atoms with E-state index >= 15 is 0 Å². The van der Waals surface area contributed by atoms with Crippen LogP contribution in [0.1, 0.15) is 28.4 Å². The van der Waals surface area contributed by atoms with Crippen LogP contribution in [0.15, 0.2) is 0 Å². The highest BCUT2D eigenvalue weighted by Crippen LogP contribution is 2.31. The van der Waals surface area contributed by atoms with Crippen molar-refractivity contribution in [3.63, 3.8) is 0 Å². The Kier molecular flexibility index (Phi) is 0.925. The van der Waals surface area contributed by atoms with Gasteiger partial charge in [0, 0.05) is 27.7 Å². The minimum atomic E-state index is -0.383. The van der Waals surface area contributed by atoms with Crippen LogP contribution in [-0.4, -0.2) is 29.8 Å². The third kappa shape index (κ3) is 0.788. The van der Waals surface area contributed by atoms with Crippen LogP contribution in [0.2, 0.25) is 0 Å². The van der Waals surface area contributed by atoms with Gasteiger partial charge in [0.2, 0.25) is 0 Å². The number of piperidine rings is 1. The molecule has 2 aliphatic heterocycles. The van der Waals surface area contributed by atoms with Crippen molar-refractivity contribution in [2.45, 2.75) is 37.7 Å². The Bertz CT molecular complexity index is 193. The van der Waals surface area contributed by atoms with Crippen molar-refractivity contribution in [2.24, 2.45) is 0 Å². The van der Waals surface area contributed by atoms with E-state index in [4.69, 9.17) is 2.74 Å². The maximum Gasteiger partial charge on any atom is 0.136 e. The molecule has 0 aromatic heterocycles. The van der Waals surface area contributed by atoms with Gasteiger partial charge < -0.3 is 0 Å². The molecule has 2 nitrogen and oxygen atoms in total. The summed E-state index contributed by atoms with van der Waals surface area (Å²) in [6.07, 6.45) is 0.200. The molecule has 0 aromatic rings.